The molecule has 0 spiro atoms. The molecular weight excluding hydrogens is 416 g/mol. The molecule has 0 fully saturated rings. The van der Waals surface area contributed by atoms with Gasteiger partial charge in [0.15, 0.2) is 11.5 Å². The highest BCUT2D eigenvalue weighted by molar-refractivity contribution is 7.92. The van der Waals surface area contributed by atoms with Crippen LogP contribution in [0.4, 0.5) is 5.69 Å². The van der Waals surface area contributed by atoms with E-state index in [-0.39, 0.29) is 31.7 Å². The zero-order chi connectivity index (χ0) is 22.6. The molecule has 1 aliphatic heterocycles. The fraction of sp³-hybridized carbons (Fsp3) is 0.435. The molecule has 0 bridgehead atoms. The van der Waals surface area contributed by atoms with Gasteiger partial charge in [0.25, 0.3) is 0 Å². The fourth-order valence-corrected chi connectivity index (χ4v) is 4.75. The largest absolute Gasteiger partial charge is 0.454 e. The van der Waals surface area contributed by atoms with Crippen LogP contribution in [0.25, 0.3) is 0 Å². The second kappa shape index (κ2) is 9.60. The third kappa shape index (κ3) is 5.70. The molecule has 1 aliphatic rings. The van der Waals surface area contributed by atoms with Crippen molar-refractivity contribution in [3.05, 3.63) is 53.1 Å². The van der Waals surface area contributed by atoms with E-state index in [0.29, 0.717) is 23.6 Å². The van der Waals surface area contributed by atoms with E-state index in [0.717, 1.165) is 23.8 Å². The number of sulfonamides is 1. The number of hydrogen-bond acceptors (Lipinski definition) is 5. The number of ether oxygens (including phenoxy) is 2. The molecule has 1 amide bonds. The van der Waals surface area contributed by atoms with Gasteiger partial charge >= 0.3 is 0 Å². The Bertz CT molecular complexity index is 1050. The highest BCUT2D eigenvalue weighted by atomic mass is 32.2. The van der Waals surface area contributed by atoms with Crippen LogP contribution in [0.3, 0.4) is 0 Å². The normalized spacial score (nSPS) is 13.7. The van der Waals surface area contributed by atoms with Crippen LogP contribution in [0.2, 0.25) is 0 Å². The summed E-state index contributed by atoms with van der Waals surface area (Å²) in [6.07, 6.45) is 2.57. The Balaban J connectivity index is 1.61. The number of rotatable bonds is 9. The summed E-state index contributed by atoms with van der Waals surface area (Å²) in [7, 11) is -3.51. The lowest BCUT2D eigenvalue weighted by Crippen LogP contribution is -2.33. The van der Waals surface area contributed by atoms with E-state index in [1.807, 2.05) is 26.8 Å². The lowest BCUT2D eigenvalue weighted by atomic mass is 9.97. The molecule has 0 radical (unpaired) electrons. The van der Waals surface area contributed by atoms with Gasteiger partial charge in [-0.1, -0.05) is 30.7 Å². The minimum atomic E-state index is -3.51. The van der Waals surface area contributed by atoms with Crippen molar-refractivity contribution in [2.75, 3.05) is 23.9 Å². The summed E-state index contributed by atoms with van der Waals surface area (Å²) in [4.78, 5) is 12.6. The molecule has 3 rings (SSSR count). The zero-order valence-electron chi connectivity index (χ0n) is 18.5. The summed E-state index contributed by atoms with van der Waals surface area (Å²) in [6, 6.07) is 11.2. The second-order valence-electron chi connectivity index (χ2n) is 7.86. The number of nitrogens with zero attached hydrogens (tertiary/aromatic N) is 1. The molecule has 1 heterocycles. The molecule has 0 aromatic heterocycles. The lowest BCUT2D eigenvalue weighted by Gasteiger charge is -2.23. The summed E-state index contributed by atoms with van der Waals surface area (Å²) in [5, 5.41) is 3.09. The lowest BCUT2D eigenvalue weighted by molar-refractivity contribution is -0.121. The quantitative estimate of drug-likeness (QED) is 0.633. The third-order valence-corrected chi connectivity index (χ3v) is 6.55. The van der Waals surface area contributed by atoms with Gasteiger partial charge in [-0.15, -0.1) is 0 Å². The van der Waals surface area contributed by atoms with Crippen molar-refractivity contribution in [1.29, 1.82) is 0 Å². The SMILES string of the molecule is CC[C@H](NC(=O)CCCN(c1ccc2c(c1)OCO2)S(C)(=O)=O)c1ccc(C)cc1C. The summed E-state index contributed by atoms with van der Waals surface area (Å²) < 4.78 is 36.6. The van der Waals surface area contributed by atoms with Crippen LogP contribution in [0.1, 0.15) is 48.9 Å². The smallest absolute Gasteiger partial charge is 0.232 e. The van der Waals surface area contributed by atoms with Crippen molar-refractivity contribution < 1.29 is 22.7 Å². The van der Waals surface area contributed by atoms with Crippen LogP contribution in [-0.2, 0) is 14.8 Å². The van der Waals surface area contributed by atoms with Crippen molar-refractivity contribution in [1.82, 2.24) is 5.32 Å². The molecular formula is C23H30N2O5S. The number of nitrogens with one attached hydrogen (secondary N) is 1. The molecule has 2 aromatic carbocycles. The molecule has 0 aliphatic carbocycles. The Kier molecular flexibility index (Phi) is 7.10. The van der Waals surface area contributed by atoms with E-state index in [9.17, 15) is 13.2 Å². The van der Waals surface area contributed by atoms with Crippen LogP contribution in [0.5, 0.6) is 11.5 Å². The molecule has 0 unspecified atom stereocenters. The van der Waals surface area contributed by atoms with Crippen LogP contribution in [0, 0.1) is 13.8 Å². The van der Waals surface area contributed by atoms with Gasteiger partial charge in [0.1, 0.15) is 0 Å². The van der Waals surface area contributed by atoms with Crippen LogP contribution < -0.4 is 19.1 Å². The minimum Gasteiger partial charge on any atom is -0.454 e. The topological polar surface area (TPSA) is 84.9 Å². The summed E-state index contributed by atoms with van der Waals surface area (Å²) >= 11 is 0. The highest BCUT2D eigenvalue weighted by Gasteiger charge is 2.22. The van der Waals surface area contributed by atoms with E-state index in [1.54, 1.807) is 18.2 Å². The van der Waals surface area contributed by atoms with Crippen molar-refractivity contribution >= 4 is 21.6 Å². The molecule has 0 saturated carbocycles. The zero-order valence-corrected chi connectivity index (χ0v) is 19.3. The maximum atomic E-state index is 12.6. The van der Waals surface area contributed by atoms with Gasteiger partial charge < -0.3 is 14.8 Å². The molecule has 2 aromatic rings. The monoisotopic (exact) mass is 446 g/mol. The van der Waals surface area contributed by atoms with Gasteiger partial charge in [0.05, 0.1) is 18.0 Å². The first-order valence-electron chi connectivity index (χ1n) is 10.4. The van der Waals surface area contributed by atoms with Gasteiger partial charge in [-0.05, 0) is 49.9 Å². The summed E-state index contributed by atoms with van der Waals surface area (Å²) in [5.41, 5.74) is 3.94. The Morgan fingerprint density at radius 1 is 1.13 bits per heavy atom. The Morgan fingerprint density at radius 2 is 1.87 bits per heavy atom. The van der Waals surface area contributed by atoms with Gasteiger partial charge in [0.2, 0.25) is 22.7 Å². The van der Waals surface area contributed by atoms with E-state index in [1.165, 1.54) is 9.87 Å². The number of amides is 1. The number of benzene rings is 2. The average molecular weight is 447 g/mol. The number of aryl methyl sites for hydroxylation is 2. The van der Waals surface area contributed by atoms with Crippen molar-refractivity contribution in [2.24, 2.45) is 0 Å². The van der Waals surface area contributed by atoms with E-state index >= 15 is 0 Å². The van der Waals surface area contributed by atoms with Crippen LogP contribution >= 0.6 is 0 Å². The second-order valence-corrected chi connectivity index (χ2v) is 9.77. The molecule has 31 heavy (non-hydrogen) atoms. The minimum absolute atomic E-state index is 0.0621. The Morgan fingerprint density at radius 3 is 2.55 bits per heavy atom. The first-order chi connectivity index (χ1) is 14.7. The van der Waals surface area contributed by atoms with Gasteiger partial charge in [0, 0.05) is 19.0 Å². The maximum Gasteiger partial charge on any atom is 0.232 e. The van der Waals surface area contributed by atoms with Crippen molar-refractivity contribution in [3.8, 4) is 11.5 Å². The van der Waals surface area contributed by atoms with Gasteiger partial charge in [-0.3, -0.25) is 9.10 Å². The van der Waals surface area contributed by atoms with E-state index in [4.69, 9.17) is 9.47 Å². The average Bonchev–Trinajstić information content (AvgIpc) is 3.16. The van der Waals surface area contributed by atoms with E-state index in [2.05, 4.69) is 17.4 Å². The maximum absolute atomic E-state index is 12.6. The van der Waals surface area contributed by atoms with Gasteiger partial charge in [-0.2, -0.15) is 0 Å². The summed E-state index contributed by atoms with van der Waals surface area (Å²) in [5.74, 6) is 1.02. The van der Waals surface area contributed by atoms with Gasteiger partial charge in [-0.25, -0.2) is 8.42 Å². The Hall–Kier alpha value is -2.74. The fourth-order valence-electron chi connectivity index (χ4n) is 3.79. The number of hydrogen-bond donors (Lipinski definition) is 1. The predicted molar refractivity (Wildman–Crippen MR) is 121 cm³/mol. The summed E-state index contributed by atoms with van der Waals surface area (Å²) in [6.45, 7) is 6.45. The van der Waals surface area contributed by atoms with Crippen LogP contribution in [-0.4, -0.2) is 33.9 Å². The number of fused-ring (bicyclic) bond motifs is 1. The van der Waals surface area contributed by atoms with Crippen LogP contribution in [0.15, 0.2) is 36.4 Å². The number of carbonyl (C=O) groups excluding carboxylic acids is 1. The highest BCUT2D eigenvalue weighted by Crippen LogP contribution is 2.36. The first kappa shape index (κ1) is 22.9. The molecule has 168 valence electrons. The predicted octanol–water partition coefficient (Wildman–Crippen LogP) is 3.85. The van der Waals surface area contributed by atoms with E-state index < -0.39 is 10.0 Å². The molecule has 1 atom stereocenters. The molecule has 0 saturated heterocycles. The van der Waals surface area contributed by atoms with Crippen molar-refractivity contribution in [2.45, 2.75) is 46.1 Å². The Labute approximate surface area is 184 Å². The number of carbonyl (C=O) groups is 1. The molecule has 1 N–H and O–H groups in total. The third-order valence-electron chi connectivity index (χ3n) is 5.35. The van der Waals surface area contributed by atoms with Crippen molar-refractivity contribution in [3.63, 3.8) is 0 Å². The number of anilines is 1. The standard InChI is InChI=1S/C23H30N2O5S/c1-5-20(19-10-8-16(2)13-17(19)3)24-23(26)7-6-12-25(31(4,27)28)18-9-11-21-22(14-18)30-15-29-21/h8-11,13-14,20H,5-7,12,15H2,1-4H3,(H,24,26)/t20-/m0/s1. The first-order valence-corrected chi connectivity index (χ1v) is 12.3. The molecule has 7 nitrogen and oxygen atoms in total. The molecule has 8 heteroatoms.